The predicted octanol–water partition coefficient (Wildman–Crippen LogP) is 15.9. The van der Waals surface area contributed by atoms with Gasteiger partial charge >= 0.3 is 17.9 Å². The fraction of sp³-hybridized carbons (Fsp3) is 0.717. The van der Waals surface area contributed by atoms with Gasteiger partial charge in [-0.25, -0.2) is 0 Å². The molecule has 0 saturated heterocycles. The van der Waals surface area contributed by atoms with Crippen LogP contribution in [0.2, 0.25) is 0 Å². The van der Waals surface area contributed by atoms with Gasteiger partial charge in [-0.3, -0.25) is 14.4 Å². The standard InChI is InChI=1S/C53H90O6/c1-4-7-10-13-16-19-22-23-24-25-26-27-28-29-32-34-37-40-43-46-52(55)58-49-50(59-53(56)47-44-41-38-35-31-21-18-15-12-9-6-3)48-57-51(54)45-42-39-36-33-30-20-17-14-11-8-5-2/h7,10,15-16,18-19,23-24,26-27,29,32,50H,4-6,8-9,11-14,17,20-22,25,28,30-31,33-49H2,1-3H3/b10-7-,18-15-,19-16-,24-23-,27-26-,32-29-. The number of hydrogen-bond donors (Lipinski definition) is 0. The summed E-state index contributed by atoms with van der Waals surface area (Å²) in [4.78, 5) is 37.8. The first-order valence-corrected chi connectivity index (χ1v) is 24.4. The van der Waals surface area contributed by atoms with Crippen LogP contribution < -0.4 is 0 Å². The van der Waals surface area contributed by atoms with Crippen molar-refractivity contribution in [2.24, 2.45) is 0 Å². The Bertz CT molecular complexity index is 1130. The first-order valence-electron chi connectivity index (χ1n) is 24.4. The normalized spacial score (nSPS) is 12.7. The summed E-state index contributed by atoms with van der Waals surface area (Å²) < 4.78 is 16.7. The summed E-state index contributed by atoms with van der Waals surface area (Å²) in [5.74, 6) is -0.934. The number of rotatable bonds is 43. The van der Waals surface area contributed by atoms with E-state index < -0.39 is 6.10 Å². The van der Waals surface area contributed by atoms with Crippen molar-refractivity contribution in [3.05, 3.63) is 72.9 Å². The monoisotopic (exact) mass is 823 g/mol. The predicted molar refractivity (Wildman–Crippen MR) is 251 cm³/mol. The maximum absolute atomic E-state index is 12.7. The molecule has 0 bridgehead atoms. The molecule has 0 aliphatic rings. The van der Waals surface area contributed by atoms with Gasteiger partial charge in [-0.05, 0) is 83.5 Å². The van der Waals surface area contributed by atoms with Crippen LogP contribution in [0.5, 0.6) is 0 Å². The van der Waals surface area contributed by atoms with Gasteiger partial charge in [0, 0.05) is 19.3 Å². The molecule has 0 saturated carbocycles. The van der Waals surface area contributed by atoms with Crippen LogP contribution in [0.4, 0.5) is 0 Å². The van der Waals surface area contributed by atoms with Crippen LogP contribution in [0.15, 0.2) is 72.9 Å². The number of esters is 3. The second kappa shape index (κ2) is 47.5. The van der Waals surface area contributed by atoms with E-state index in [-0.39, 0.29) is 31.1 Å². The van der Waals surface area contributed by atoms with Crippen molar-refractivity contribution in [3.63, 3.8) is 0 Å². The van der Waals surface area contributed by atoms with Crippen LogP contribution >= 0.6 is 0 Å². The maximum atomic E-state index is 12.7. The number of carbonyl (C=O) groups is 3. The van der Waals surface area contributed by atoms with Crippen molar-refractivity contribution < 1.29 is 28.6 Å². The first kappa shape index (κ1) is 55.9. The van der Waals surface area contributed by atoms with Crippen LogP contribution in [-0.2, 0) is 28.6 Å². The van der Waals surface area contributed by atoms with Crippen LogP contribution in [0.3, 0.4) is 0 Å². The molecule has 0 heterocycles. The van der Waals surface area contributed by atoms with Gasteiger partial charge in [-0.15, -0.1) is 0 Å². The lowest BCUT2D eigenvalue weighted by Crippen LogP contribution is -2.30. The SMILES string of the molecule is CC/C=C\C/C=C\C/C=C\C/C=C\C/C=C\CCCCCC(=O)OCC(COC(=O)CCCCCCCCCCCCC)OC(=O)CCCCCCC/C=C\CCCC. The molecule has 0 rings (SSSR count). The lowest BCUT2D eigenvalue weighted by atomic mass is 10.1. The molecule has 0 aliphatic carbocycles. The summed E-state index contributed by atoms with van der Waals surface area (Å²) in [6, 6.07) is 0. The van der Waals surface area contributed by atoms with Crippen molar-refractivity contribution in [3.8, 4) is 0 Å². The second-order valence-corrected chi connectivity index (χ2v) is 16.0. The molecular formula is C53H90O6. The summed E-state index contributed by atoms with van der Waals surface area (Å²) in [5, 5.41) is 0. The number of ether oxygens (including phenoxy) is 3. The molecule has 0 aromatic heterocycles. The average molecular weight is 823 g/mol. The molecule has 6 heteroatoms. The molecule has 1 unspecified atom stereocenters. The van der Waals surface area contributed by atoms with Gasteiger partial charge < -0.3 is 14.2 Å². The van der Waals surface area contributed by atoms with Gasteiger partial charge in [0.05, 0.1) is 0 Å². The lowest BCUT2D eigenvalue weighted by molar-refractivity contribution is -0.167. The van der Waals surface area contributed by atoms with E-state index in [0.717, 1.165) is 109 Å². The molecule has 0 radical (unpaired) electrons. The topological polar surface area (TPSA) is 78.9 Å². The molecule has 0 aliphatic heterocycles. The van der Waals surface area contributed by atoms with Gasteiger partial charge in [-0.2, -0.15) is 0 Å². The maximum Gasteiger partial charge on any atom is 0.306 e. The average Bonchev–Trinajstić information content (AvgIpc) is 3.23. The third-order valence-corrected chi connectivity index (χ3v) is 10.2. The molecule has 0 aromatic carbocycles. The van der Waals surface area contributed by atoms with Crippen molar-refractivity contribution in [1.29, 1.82) is 0 Å². The number of carbonyl (C=O) groups excluding carboxylic acids is 3. The van der Waals surface area contributed by atoms with E-state index in [2.05, 4.69) is 93.7 Å². The number of hydrogen-bond acceptors (Lipinski definition) is 6. The minimum absolute atomic E-state index is 0.0884. The lowest BCUT2D eigenvalue weighted by Gasteiger charge is -2.18. The zero-order valence-corrected chi connectivity index (χ0v) is 38.5. The summed E-state index contributed by atoms with van der Waals surface area (Å²) in [7, 11) is 0. The van der Waals surface area contributed by atoms with Gasteiger partial charge in [0.25, 0.3) is 0 Å². The van der Waals surface area contributed by atoms with Crippen molar-refractivity contribution in [1.82, 2.24) is 0 Å². The van der Waals surface area contributed by atoms with E-state index >= 15 is 0 Å². The van der Waals surface area contributed by atoms with Crippen molar-refractivity contribution in [2.45, 2.75) is 232 Å². The highest BCUT2D eigenvalue weighted by molar-refractivity contribution is 5.71. The zero-order chi connectivity index (χ0) is 43.0. The zero-order valence-electron chi connectivity index (χ0n) is 38.5. The minimum Gasteiger partial charge on any atom is -0.462 e. The molecule has 0 aromatic rings. The molecule has 6 nitrogen and oxygen atoms in total. The fourth-order valence-corrected chi connectivity index (χ4v) is 6.51. The highest BCUT2D eigenvalue weighted by Crippen LogP contribution is 2.14. The molecule has 0 amide bonds. The van der Waals surface area contributed by atoms with Crippen LogP contribution in [-0.4, -0.2) is 37.2 Å². The molecular weight excluding hydrogens is 733 g/mol. The van der Waals surface area contributed by atoms with Gasteiger partial charge in [0.2, 0.25) is 0 Å². The van der Waals surface area contributed by atoms with Crippen LogP contribution in [0.1, 0.15) is 226 Å². The van der Waals surface area contributed by atoms with Gasteiger partial charge in [0.15, 0.2) is 6.10 Å². The van der Waals surface area contributed by atoms with E-state index in [1.165, 1.54) is 77.0 Å². The Morgan fingerprint density at radius 3 is 1.12 bits per heavy atom. The Morgan fingerprint density at radius 2 is 0.678 bits per heavy atom. The van der Waals surface area contributed by atoms with Crippen molar-refractivity contribution in [2.75, 3.05) is 13.2 Å². The fourth-order valence-electron chi connectivity index (χ4n) is 6.51. The summed E-state index contributed by atoms with van der Waals surface area (Å²) in [6.45, 7) is 6.43. The number of allylic oxidation sites excluding steroid dienone is 12. The largest absolute Gasteiger partial charge is 0.462 e. The summed E-state index contributed by atoms with van der Waals surface area (Å²) in [5.41, 5.74) is 0. The quantitative estimate of drug-likeness (QED) is 0.0264. The van der Waals surface area contributed by atoms with Gasteiger partial charge in [-0.1, -0.05) is 196 Å². The molecule has 0 spiro atoms. The van der Waals surface area contributed by atoms with E-state index in [9.17, 15) is 14.4 Å². The minimum atomic E-state index is -0.789. The Labute approximate surface area is 363 Å². The third-order valence-electron chi connectivity index (χ3n) is 10.2. The Balaban J connectivity index is 4.41. The van der Waals surface area contributed by atoms with E-state index in [1.54, 1.807) is 0 Å². The Morgan fingerprint density at radius 1 is 0.356 bits per heavy atom. The molecule has 0 N–H and O–H groups in total. The Hall–Kier alpha value is -3.15. The molecule has 0 fully saturated rings. The van der Waals surface area contributed by atoms with E-state index in [4.69, 9.17) is 14.2 Å². The van der Waals surface area contributed by atoms with E-state index in [1.807, 2.05) is 0 Å². The summed E-state index contributed by atoms with van der Waals surface area (Å²) >= 11 is 0. The van der Waals surface area contributed by atoms with Gasteiger partial charge in [0.1, 0.15) is 13.2 Å². The second-order valence-electron chi connectivity index (χ2n) is 16.0. The van der Waals surface area contributed by atoms with E-state index in [0.29, 0.717) is 19.3 Å². The van der Waals surface area contributed by atoms with Crippen molar-refractivity contribution >= 4 is 17.9 Å². The first-order chi connectivity index (χ1) is 29.0. The molecule has 59 heavy (non-hydrogen) atoms. The third kappa shape index (κ3) is 45.8. The highest BCUT2D eigenvalue weighted by atomic mass is 16.6. The summed E-state index contributed by atoms with van der Waals surface area (Å²) in [6.07, 6.45) is 58.8. The Kier molecular flexibility index (Phi) is 45.0. The molecule has 338 valence electrons. The number of unbranched alkanes of at least 4 members (excludes halogenated alkanes) is 20. The van der Waals surface area contributed by atoms with Crippen LogP contribution in [0.25, 0.3) is 0 Å². The smallest absolute Gasteiger partial charge is 0.306 e. The van der Waals surface area contributed by atoms with Crippen LogP contribution in [0, 0.1) is 0 Å². The molecule has 1 atom stereocenters. The highest BCUT2D eigenvalue weighted by Gasteiger charge is 2.19.